The molecule has 34 heavy (non-hydrogen) atoms. The molecule has 0 saturated heterocycles. The van der Waals surface area contributed by atoms with Crippen LogP contribution in [-0.2, 0) is 4.79 Å². The molecule has 1 amide bonds. The first-order valence-electron chi connectivity index (χ1n) is 10.2. The van der Waals surface area contributed by atoms with Crippen molar-refractivity contribution in [3.63, 3.8) is 0 Å². The predicted octanol–water partition coefficient (Wildman–Crippen LogP) is 5.38. The van der Waals surface area contributed by atoms with Gasteiger partial charge in [0.1, 0.15) is 0 Å². The first-order chi connectivity index (χ1) is 16.2. The molecule has 4 rings (SSSR count). The molecule has 0 aliphatic carbocycles. The summed E-state index contributed by atoms with van der Waals surface area (Å²) >= 11 is 7.22. The van der Waals surface area contributed by atoms with Crippen molar-refractivity contribution in [2.24, 2.45) is 0 Å². The molecule has 1 N–H and O–H groups in total. The van der Waals surface area contributed by atoms with E-state index in [4.69, 9.17) is 11.6 Å². The second-order valence-electron chi connectivity index (χ2n) is 7.56. The van der Waals surface area contributed by atoms with Gasteiger partial charge in [0, 0.05) is 12.1 Å². The van der Waals surface area contributed by atoms with Crippen LogP contribution < -0.4 is 10.9 Å². The Morgan fingerprint density at radius 2 is 1.91 bits per heavy atom. The molecule has 0 spiro atoms. The number of aromatic nitrogens is 2. The summed E-state index contributed by atoms with van der Waals surface area (Å²) in [5.41, 5.74) is 1.83. The summed E-state index contributed by atoms with van der Waals surface area (Å²) in [6.07, 6.45) is 0. The van der Waals surface area contributed by atoms with Gasteiger partial charge in [-0.3, -0.25) is 24.3 Å². The summed E-state index contributed by atoms with van der Waals surface area (Å²) in [7, 11) is 0. The first-order valence-corrected chi connectivity index (χ1v) is 11.5. The molecule has 0 bridgehead atoms. The fourth-order valence-electron chi connectivity index (χ4n) is 3.35. The Kier molecular flexibility index (Phi) is 6.67. The number of anilines is 1. The number of aryl methyl sites for hydroxylation is 1. The summed E-state index contributed by atoms with van der Waals surface area (Å²) in [5.74, 6) is -0.439. The highest BCUT2D eigenvalue weighted by molar-refractivity contribution is 8.00. The number of thioether (sulfide) groups is 1. The third-order valence-electron chi connectivity index (χ3n) is 5.07. The zero-order valence-corrected chi connectivity index (χ0v) is 19.8. The maximum atomic E-state index is 13.4. The molecule has 4 aromatic rings. The second kappa shape index (κ2) is 9.66. The second-order valence-corrected chi connectivity index (χ2v) is 9.28. The Morgan fingerprint density at radius 1 is 1.15 bits per heavy atom. The smallest absolute Gasteiger partial charge is 0.271 e. The Hall–Kier alpha value is -3.69. The number of carbonyl (C=O) groups is 1. The number of halogens is 1. The molecule has 1 aromatic heterocycles. The van der Waals surface area contributed by atoms with E-state index < -0.39 is 16.1 Å². The van der Waals surface area contributed by atoms with Crippen molar-refractivity contribution in [3.8, 4) is 5.69 Å². The number of hydrogen-bond acceptors (Lipinski definition) is 6. The summed E-state index contributed by atoms with van der Waals surface area (Å²) in [6, 6.07) is 18.3. The molecule has 0 radical (unpaired) electrons. The van der Waals surface area contributed by atoms with Gasteiger partial charge in [0.2, 0.25) is 5.91 Å². The van der Waals surface area contributed by atoms with Gasteiger partial charge < -0.3 is 5.32 Å². The van der Waals surface area contributed by atoms with Crippen molar-refractivity contribution in [1.82, 2.24) is 9.55 Å². The van der Waals surface area contributed by atoms with E-state index in [1.54, 1.807) is 31.2 Å². The molecule has 10 heteroatoms. The third-order valence-corrected chi connectivity index (χ3v) is 6.46. The van der Waals surface area contributed by atoms with Crippen molar-refractivity contribution in [3.05, 3.63) is 97.8 Å². The average Bonchev–Trinajstić information content (AvgIpc) is 2.80. The number of fused-ring (bicyclic) bond motifs is 1. The largest absolute Gasteiger partial charge is 0.324 e. The van der Waals surface area contributed by atoms with Gasteiger partial charge in [0.15, 0.2) is 5.16 Å². The zero-order chi connectivity index (χ0) is 24.4. The lowest BCUT2D eigenvalue weighted by Gasteiger charge is -2.17. The van der Waals surface area contributed by atoms with Gasteiger partial charge in [-0.1, -0.05) is 47.6 Å². The summed E-state index contributed by atoms with van der Waals surface area (Å²) in [4.78, 5) is 41.5. The molecule has 1 heterocycles. The third kappa shape index (κ3) is 4.80. The van der Waals surface area contributed by atoms with Crippen molar-refractivity contribution in [2.75, 3.05) is 5.32 Å². The van der Waals surface area contributed by atoms with E-state index in [1.165, 1.54) is 22.8 Å². The molecular formula is C24H19ClN4O4S. The van der Waals surface area contributed by atoms with Crippen LogP contribution in [0, 0.1) is 17.0 Å². The Balaban J connectivity index is 1.71. The number of amides is 1. The number of nitrogens with one attached hydrogen (secondary N) is 1. The number of para-hydroxylation sites is 1. The van der Waals surface area contributed by atoms with Crippen molar-refractivity contribution in [2.45, 2.75) is 24.3 Å². The minimum Gasteiger partial charge on any atom is -0.324 e. The number of rotatable bonds is 6. The highest BCUT2D eigenvalue weighted by Crippen LogP contribution is 2.29. The monoisotopic (exact) mass is 494 g/mol. The topological polar surface area (TPSA) is 107 Å². The Morgan fingerprint density at radius 3 is 2.65 bits per heavy atom. The van der Waals surface area contributed by atoms with Gasteiger partial charge in [-0.05, 0) is 49.7 Å². The summed E-state index contributed by atoms with van der Waals surface area (Å²) in [6.45, 7) is 3.59. The van der Waals surface area contributed by atoms with E-state index >= 15 is 0 Å². The van der Waals surface area contributed by atoms with Gasteiger partial charge >= 0.3 is 0 Å². The van der Waals surface area contributed by atoms with Crippen LogP contribution in [0.15, 0.2) is 76.7 Å². The number of nitro benzene ring substituents is 1. The fraction of sp³-hybridized carbons (Fsp3) is 0.125. The van der Waals surface area contributed by atoms with Crippen LogP contribution in [0.5, 0.6) is 0 Å². The Labute approximate surface area is 203 Å². The van der Waals surface area contributed by atoms with Crippen LogP contribution in [0.3, 0.4) is 0 Å². The fourth-order valence-corrected chi connectivity index (χ4v) is 4.45. The lowest BCUT2D eigenvalue weighted by Crippen LogP contribution is -2.26. The van der Waals surface area contributed by atoms with Gasteiger partial charge in [0.25, 0.3) is 11.2 Å². The van der Waals surface area contributed by atoms with Gasteiger partial charge in [-0.15, -0.1) is 0 Å². The van der Waals surface area contributed by atoms with E-state index in [1.807, 2.05) is 31.2 Å². The maximum absolute atomic E-state index is 13.4. The van der Waals surface area contributed by atoms with Crippen molar-refractivity contribution >= 4 is 51.5 Å². The molecule has 0 aliphatic heterocycles. The van der Waals surface area contributed by atoms with E-state index in [-0.39, 0.29) is 22.0 Å². The number of non-ortho nitro benzene ring substituents is 1. The predicted molar refractivity (Wildman–Crippen MR) is 134 cm³/mol. The SMILES string of the molecule is Cc1cccc(-n2c(SC(C)C(=O)Nc3cc([N+](=O)[O-])ccc3Cl)nc3ccccc3c2=O)c1. The number of nitrogens with zero attached hydrogens (tertiary/aromatic N) is 3. The number of benzene rings is 3. The van der Waals surface area contributed by atoms with Crippen LogP contribution in [0.4, 0.5) is 11.4 Å². The van der Waals surface area contributed by atoms with Crippen LogP contribution in [0.2, 0.25) is 5.02 Å². The van der Waals surface area contributed by atoms with E-state index in [2.05, 4.69) is 10.3 Å². The highest BCUT2D eigenvalue weighted by Gasteiger charge is 2.22. The molecule has 0 fully saturated rings. The summed E-state index contributed by atoms with van der Waals surface area (Å²) < 4.78 is 1.49. The lowest BCUT2D eigenvalue weighted by atomic mass is 10.2. The van der Waals surface area contributed by atoms with E-state index in [0.717, 1.165) is 17.3 Å². The number of nitro groups is 1. The number of hydrogen-bond donors (Lipinski definition) is 1. The highest BCUT2D eigenvalue weighted by atomic mass is 35.5. The van der Waals surface area contributed by atoms with Crippen LogP contribution in [-0.4, -0.2) is 25.6 Å². The lowest BCUT2D eigenvalue weighted by molar-refractivity contribution is -0.384. The molecule has 1 atom stereocenters. The van der Waals surface area contributed by atoms with Gasteiger partial charge in [0.05, 0.1) is 37.5 Å². The normalized spacial score (nSPS) is 11.9. The maximum Gasteiger partial charge on any atom is 0.271 e. The quantitative estimate of drug-likeness (QED) is 0.167. The minimum atomic E-state index is -0.695. The molecule has 0 saturated carbocycles. The Bertz CT molecular complexity index is 1490. The molecule has 172 valence electrons. The zero-order valence-electron chi connectivity index (χ0n) is 18.2. The van der Waals surface area contributed by atoms with Crippen molar-refractivity contribution < 1.29 is 9.72 Å². The average molecular weight is 495 g/mol. The van der Waals surface area contributed by atoms with E-state index in [9.17, 15) is 19.7 Å². The molecular weight excluding hydrogens is 476 g/mol. The minimum absolute atomic E-state index is 0.135. The van der Waals surface area contributed by atoms with Gasteiger partial charge in [-0.25, -0.2) is 4.98 Å². The molecule has 0 aliphatic rings. The van der Waals surface area contributed by atoms with Crippen LogP contribution >= 0.6 is 23.4 Å². The molecule has 8 nitrogen and oxygen atoms in total. The van der Waals surface area contributed by atoms with Crippen LogP contribution in [0.25, 0.3) is 16.6 Å². The van der Waals surface area contributed by atoms with E-state index in [0.29, 0.717) is 21.7 Å². The van der Waals surface area contributed by atoms with Crippen LogP contribution in [0.1, 0.15) is 12.5 Å². The summed E-state index contributed by atoms with van der Waals surface area (Å²) in [5, 5.41) is 14.0. The molecule has 1 unspecified atom stereocenters. The number of carbonyl (C=O) groups excluding carboxylic acids is 1. The van der Waals surface area contributed by atoms with Crippen molar-refractivity contribution in [1.29, 1.82) is 0 Å². The molecule has 3 aromatic carbocycles. The first kappa shape index (κ1) is 23.5. The standard InChI is InChI=1S/C24H19ClN4O4S/c1-14-6-5-7-16(12-14)28-23(31)18-8-3-4-9-20(18)27-24(28)34-15(2)22(30)26-21-13-17(29(32)33)10-11-19(21)25/h3-13,15H,1-2H3,(H,26,30). The van der Waals surface area contributed by atoms with Gasteiger partial charge in [-0.2, -0.15) is 0 Å².